The zero-order valence-corrected chi connectivity index (χ0v) is 11.0. The van der Waals surface area contributed by atoms with Gasteiger partial charge >= 0.3 is 0 Å². The van der Waals surface area contributed by atoms with Crippen LogP contribution < -0.4 is 10.2 Å². The van der Waals surface area contributed by atoms with Crippen molar-refractivity contribution >= 4 is 5.69 Å². The molecule has 0 atom stereocenters. The highest BCUT2D eigenvalue weighted by molar-refractivity contribution is 5.48. The lowest BCUT2D eigenvalue weighted by molar-refractivity contribution is 0.226. The predicted molar refractivity (Wildman–Crippen MR) is 69.9 cm³/mol. The number of halogens is 1. The maximum absolute atomic E-state index is 12.9. The lowest BCUT2D eigenvalue weighted by Crippen LogP contribution is -2.66. The molecule has 94 valence electrons. The molecule has 2 rings (SSSR count). The van der Waals surface area contributed by atoms with Gasteiger partial charge in [-0.3, -0.25) is 0 Å². The fourth-order valence-electron chi connectivity index (χ4n) is 2.84. The molecule has 0 amide bonds. The van der Waals surface area contributed by atoms with Gasteiger partial charge in [-0.05, 0) is 52.0 Å². The summed E-state index contributed by atoms with van der Waals surface area (Å²) in [5.74, 6) is -0.178. The van der Waals surface area contributed by atoms with E-state index in [0.717, 1.165) is 18.8 Å². The topological polar surface area (TPSA) is 15.3 Å². The van der Waals surface area contributed by atoms with Crippen molar-refractivity contribution in [3.05, 3.63) is 30.1 Å². The standard InChI is InChI=1S/C14H21FN2/c1-13(2)9-17(10-14(3,4)16-13)12-7-5-11(15)6-8-12/h5-8,16H,9-10H2,1-4H3. The Labute approximate surface area is 103 Å². The molecule has 0 saturated carbocycles. The number of nitrogens with one attached hydrogen (secondary N) is 1. The molecule has 0 radical (unpaired) electrons. The second kappa shape index (κ2) is 3.98. The first kappa shape index (κ1) is 12.4. The first-order chi connectivity index (χ1) is 7.77. The molecule has 1 aliphatic rings. The fraction of sp³-hybridized carbons (Fsp3) is 0.571. The van der Waals surface area contributed by atoms with Crippen LogP contribution in [0.3, 0.4) is 0 Å². The second-order valence-corrected chi connectivity index (χ2v) is 6.23. The molecule has 1 fully saturated rings. The first-order valence-corrected chi connectivity index (χ1v) is 6.07. The summed E-state index contributed by atoms with van der Waals surface area (Å²) in [6.45, 7) is 10.7. The highest BCUT2D eigenvalue weighted by atomic mass is 19.1. The molecule has 2 nitrogen and oxygen atoms in total. The van der Waals surface area contributed by atoms with Gasteiger partial charge in [0.2, 0.25) is 0 Å². The van der Waals surface area contributed by atoms with E-state index < -0.39 is 0 Å². The average molecular weight is 236 g/mol. The van der Waals surface area contributed by atoms with Crippen molar-refractivity contribution in [3.63, 3.8) is 0 Å². The number of hydrogen-bond acceptors (Lipinski definition) is 2. The maximum atomic E-state index is 12.9. The molecule has 1 N–H and O–H groups in total. The van der Waals surface area contributed by atoms with Crippen LogP contribution in [-0.2, 0) is 0 Å². The van der Waals surface area contributed by atoms with Gasteiger partial charge in [0.15, 0.2) is 0 Å². The summed E-state index contributed by atoms with van der Waals surface area (Å²) in [4.78, 5) is 2.32. The smallest absolute Gasteiger partial charge is 0.123 e. The van der Waals surface area contributed by atoms with Crippen molar-refractivity contribution in [1.82, 2.24) is 5.32 Å². The third-order valence-corrected chi connectivity index (χ3v) is 3.04. The average Bonchev–Trinajstić information content (AvgIpc) is 2.13. The number of nitrogens with zero attached hydrogens (tertiary/aromatic N) is 1. The Morgan fingerprint density at radius 2 is 1.47 bits per heavy atom. The van der Waals surface area contributed by atoms with E-state index >= 15 is 0 Å². The minimum Gasteiger partial charge on any atom is -0.368 e. The molecule has 0 unspecified atom stereocenters. The summed E-state index contributed by atoms with van der Waals surface area (Å²) >= 11 is 0. The molecular weight excluding hydrogens is 215 g/mol. The van der Waals surface area contributed by atoms with Crippen LogP contribution >= 0.6 is 0 Å². The molecule has 0 aliphatic carbocycles. The molecular formula is C14H21FN2. The number of rotatable bonds is 1. The van der Waals surface area contributed by atoms with E-state index in [4.69, 9.17) is 0 Å². The van der Waals surface area contributed by atoms with Crippen molar-refractivity contribution in [2.75, 3.05) is 18.0 Å². The van der Waals surface area contributed by atoms with E-state index in [1.807, 2.05) is 12.1 Å². The van der Waals surface area contributed by atoms with Crippen LogP contribution in [0.2, 0.25) is 0 Å². The highest BCUT2D eigenvalue weighted by Crippen LogP contribution is 2.26. The Morgan fingerprint density at radius 3 is 1.94 bits per heavy atom. The Balaban J connectivity index is 2.24. The number of benzene rings is 1. The molecule has 3 heteroatoms. The number of piperazine rings is 1. The summed E-state index contributed by atoms with van der Waals surface area (Å²) in [6.07, 6.45) is 0. The monoisotopic (exact) mass is 236 g/mol. The maximum Gasteiger partial charge on any atom is 0.123 e. The van der Waals surface area contributed by atoms with E-state index in [1.165, 1.54) is 12.1 Å². The zero-order valence-electron chi connectivity index (χ0n) is 11.0. The second-order valence-electron chi connectivity index (χ2n) is 6.23. The Bertz CT molecular complexity index is 379. The van der Waals surface area contributed by atoms with Crippen LogP contribution in [0.15, 0.2) is 24.3 Å². The predicted octanol–water partition coefficient (Wildman–Crippen LogP) is 2.79. The van der Waals surface area contributed by atoms with Gasteiger partial charge in [0.1, 0.15) is 5.82 Å². The Hall–Kier alpha value is -1.09. The van der Waals surface area contributed by atoms with Gasteiger partial charge in [-0.15, -0.1) is 0 Å². The van der Waals surface area contributed by atoms with Crippen LogP contribution in [0.1, 0.15) is 27.7 Å². The van der Waals surface area contributed by atoms with Crippen LogP contribution in [0.5, 0.6) is 0 Å². The third-order valence-electron chi connectivity index (χ3n) is 3.04. The number of hydrogen-bond donors (Lipinski definition) is 1. The molecule has 1 aliphatic heterocycles. The quantitative estimate of drug-likeness (QED) is 0.806. The zero-order chi connectivity index (χ0) is 12.7. The van der Waals surface area contributed by atoms with Gasteiger partial charge in [0.25, 0.3) is 0 Å². The van der Waals surface area contributed by atoms with E-state index in [0.29, 0.717) is 0 Å². The lowest BCUT2D eigenvalue weighted by Gasteiger charge is -2.49. The van der Waals surface area contributed by atoms with E-state index in [-0.39, 0.29) is 16.9 Å². The van der Waals surface area contributed by atoms with Crippen LogP contribution in [0.4, 0.5) is 10.1 Å². The third kappa shape index (κ3) is 2.97. The minimum absolute atomic E-state index is 0.0656. The van der Waals surface area contributed by atoms with Crippen molar-refractivity contribution < 1.29 is 4.39 Å². The summed E-state index contributed by atoms with van der Waals surface area (Å²) < 4.78 is 12.9. The summed E-state index contributed by atoms with van der Waals surface area (Å²) in [5.41, 5.74) is 1.22. The molecule has 0 aromatic heterocycles. The van der Waals surface area contributed by atoms with Gasteiger partial charge in [-0.25, -0.2) is 4.39 Å². The van der Waals surface area contributed by atoms with Crippen molar-refractivity contribution in [2.45, 2.75) is 38.8 Å². The van der Waals surface area contributed by atoms with Crippen LogP contribution in [0.25, 0.3) is 0 Å². The van der Waals surface area contributed by atoms with Crippen molar-refractivity contribution in [3.8, 4) is 0 Å². The summed E-state index contributed by atoms with van der Waals surface area (Å²) in [6, 6.07) is 6.76. The molecule has 0 bridgehead atoms. The molecule has 1 saturated heterocycles. The van der Waals surface area contributed by atoms with Gasteiger partial charge < -0.3 is 10.2 Å². The molecule has 1 heterocycles. The largest absolute Gasteiger partial charge is 0.368 e. The number of anilines is 1. The summed E-state index contributed by atoms with van der Waals surface area (Å²) in [5, 5.41) is 3.63. The van der Waals surface area contributed by atoms with Crippen molar-refractivity contribution in [1.29, 1.82) is 0 Å². The lowest BCUT2D eigenvalue weighted by atomic mass is 9.91. The molecule has 17 heavy (non-hydrogen) atoms. The van der Waals surface area contributed by atoms with E-state index in [2.05, 4.69) is 37.9 Å². The van der Waals surface area contributed by atoms with Gasteiger partial charge in [0, 0.05) is 29.9 Å². The van der Waals surface area contributed by atoms with E-state index in [1.54, 1.807) is 0 Å². The van der Waals surface area contributed by atoms with Crippen LogP contribution in [-0.4, -0.2) is 24.2 Å². The highest BCUT2D eigenvalue weighted by Gasteiger charge is 2.36. The summed E-state index contributed by atoms with van der Waals surface area (Å²) in [7, 11) is 0. The van der Waals surface area contributed by atoms with Crippen LogP contribution in [0, 0.1) is 5.82 Å². The fourth-order valence-corrected chi connectivity index (χ4v) is 2.84. The minimum atomic E-state index is -0.178. The van der Waals surface area contributed by atoms with E-state index in [9.17, 15) is 4.39 Å². The van der Waals surface area contributed by atoms with Gasteiger partial charge in [-0.2, -0.15) is 0 Å². The molecule has 1 aromatic rings. The molecule has 1 aromatic carbocycles. The Morgan fingerprint density at radius 1 is 1.00 bits per heavy atom. The molecule has 0 spiro atoms. The normalized spacial score (nSPS) is 22.5. The SMILES string of the molecule is CC1(C)CN(c2ccc(F)cc2)CC(C)(C)N1. The van der Waals surface area contributed by atoms with Gasteiger partial charge in [0.05, 0.1) is 0 Å². The first-order valence-electron chi connectivity index (χ1n) is 6.07. The van der Waals surface area contributed by atoms with Crippen molar-refractivity contribution in [2.24, 2.45) is 0 Å². The Kier molecular flexibility index (Phi) is 2.90. The van der Waals surface area contributed by atoms with Gasteiger partial charge in [-0.1, -0.05) is 0 Å².